The van der Waals surface area contributed by atoms with Gasteiger partial charge in [0.2, 0.25) is 15.9 Å². The van der Waals surface area contributed by atoms with Gasteiger partial charge in [-0.15, -0.1) is 0 Å². The second-order valence-corrected chi connectivity index (χ2v) is 8.91. The van der Waals surface area contributed by atoms with E-state index >= 15 is 0 Å². The molecule has 0 aromatic heterocycles. The molecule has 6 nitrogen and oxygen atoms in total. The fourth-order valence-electron chi connectivity index (χ4n) is 3.70. The number of anilines is 1. The monoisotopic (exact) mass is 365 g/mol. The van der Waals surface area contributed by atoms with Gasteiger partial charge in [-0.1, -0.05) is 0 Å². The number of piperidine rings is 1. The van der Waals surface area contributed by atoms with Gasteiger partial charge in [0.25, 0.3) is 0 Å². The summed E-state index contributed by atoms with van der Waals surface area (Å²) in [4.78, 5) is 15.9. The first-order valence-electron chi connectivity index (χ1n) is 8.96. The summed E-state index contributed by atoms with van der Waals surface area (Å²) < 4.78 is 27.8. The first-order valence-corrected chi connectivity index (χ1v) is 10.4. The molecule has 0 saturated carbocycles. The summed E-state index contributed by atoms with van der Waals surface area (Å²) in [5, 5.41) is 0. The van der Waals surface area contributed by atoms with Crippen molar-refractivity contribution in [2.24, 2.45) is 5.92 Å². The molecule has 0 unspecified atom stereocenters. The Bertz CT molecular complexity index is 740. The van der Waals surface area contributed by atoms with E-state index in [1.807, 2.05) is 0 Å². The molecule has 1 amide bonds. The number of carbonyl (C=O) groups is 1. The third-order valence-electron chi connectivity index (χ3n) is 5.32. The summed E-state index contributed by atoms with van der Waals surface area (Å²) in [6.45, 7) is 4.82. The number of nitrogens with one attached hydrogen (secondary N) is 1. The molecule has 25 heavy (non-hydrogen) atoms. The molecule has 0 radical (unpaired) electrons. The van der Waals surface area contributed by atoms with Crippen LogP contribution in [0.4, 0.5) is 5.69 Å². The highest BCUT2D eigenvalue weighted by molar-refractivity contribution is 7.89. The number of benzene rings is 1. The molecule has 1 fully saturated rings. The zero-order valence-electron chi connectivity index (χ0n) is 15.0. The third-order valence-corrected chi connectivity index (χ3v) is 6.78. The Hall–Kier alpha value is -1.44. The summed E-state index contributed by atoms with van der Waals surface area (Å²) in [6.07, 6.45) is 3.86. The number of hydrogen-bond acceptors (Lipinski definition) is 4. The van der Waals surface area contributed by atoms with E-state index < -0.39 is 10.0 Å². The van der Waals surface area contributed by atoms with Crippen molar-refractivity contribution in [2.45, 2.75) is 37.5 Å². The summed E-state index contributed by atoms with van der Waals surface area (Å²) in [5.41, 5.74) is 1.76. The van der Waals surface area contributed by atoms with E-state index in [4.69, 9.17) is 0 Å². The molecule has 3 rings (SSSR count). The van der Waals surface area contributed by atoms with Crippen LogP contribution >= 0.6 is 0 Å². The molecule has 1 aromatic rings. The number of sulfonamides is 1. The first kappa shape index (κ1) is 18.4. The minimum atomic E-state index is -3.50. The SMILES string of the molecule is CC(=O)N1CCc2cc(S(=O)(=O)NCCC3CCN(C)CC3)ccc21. The highest BCUT2D eigenvalue weighted by atomic mass is 32.2. The van der Waals surface area contributed by atoms with Crippen LogP contribution in [0.15, 0.2) is 23.1 Å². The van der Waals surface area contributed by atoms with Gasteiger partial charge in [-0.3, -0.25) is 4.79 Å². The summed E-state index contributed by atoms with van der Waals surface area (Å²) >= 11 is 0. The van der Waals surface area contributed by atoms with Crippen molar-refractivity contribution in [3.05, 3.63) is 23.8 Å². The lowest BCUT2D eigenvalue weighted by atomic mass is 9.94. The van der Waals surface area contributed by atoms with Gasteiger partial charge in [0.1, 0.15) is 0 Å². The topological polar surface area (TPSA) is 69.7 Å². The van der Waals surface area contributed by atoms with Crippen molar-refractivity contribution in [1.82, 2.24) is 9.62 Å². The quantitative estimate of drug-likeness (QED) is 0.861. The molecular weight excluding hydrogens is 338 g/mol. The molecule has 1 aromatic carbocycles. The molecule has 0 aliphatic carbocycles. The minimum Gasteiger partial charge on any atom is -0.312 e. The normalized spacial score (nSPS) is 19.2. The Labute approximate surface area is 150 Å². The van der Waals surface area contributed by atoms with Gasteiger partial charge in [-0.2, -0.15) is 0 Å². The van der Waals surface area contributed by atoms with Crippen molar-refractivity contribution in [3.8, 4) is 0 Å². The lowest BCUT2D eigenvalue weighted by Gasteiger charge is -2.28. The third kappa shape index (κ3) is 4.22. The fourth-order valence-corrected chi connectivity index (χ4v) is 4.80. The van der Waals surface area contributed by atoms with Crippen molar-refractivity contribution in [3.63, 3.8) is 0 Å². The van der Waals surface area contributed by atoms with Crippen LogP contribution in [0.2, 0.25) is 0 Å². The van der Waals surface area contributed by atoms with E-state index in [1.54, 1.807) is 23.1 Å². The number of hydrogen-bond donors (Lipinski definition) is 1. The molecule has 0 spiro atoms. The van der Waals surface area contributed by atoms with E-state index in [9.17, 15) is 13.2 Å². The van der Waals surface area contributed by atoms with Crippen LogP contribution in [0.5, 0.6) is 0 Å². The van der Waals surface area contributed by atoms with Crippen LogP contribution < -0.4 is 9.62 Å². The van der Waals surface area contributed by atoms with Gasteiger partial charge in [-0.05, 0) is 75.5 Å². The second-order valence-electron chi connectivity index (χ2n) is 7.14. The van der Waals surface area contributed by atoms with Crippen LogP contribution in [-0.2, 0) is 21.2 Å². The first-order chi connectivity index (χ1) is 11.9. The maximum absolute atomic E-state index is 12.5. The molecule has 0 atom stereocenters. The molecule has 1 saturated heterocycles. The zero-order chi connectivity index (χ0) is 18.0. The van der Waals surface area contributed by atoms with Gasteiger partial charge in [0.15, 0.2) is 0 Å². The predicted molar refractivity (Wildman–Crippen MR) is 98.2 cm³/mol. The van der Waals surface area contributed by atoms with Crippen LogP contribution in [0.3, 0.4) is 0 Å². The van der Waals surface area contributed by atoms with Crippen LogP contribution in [0, 0.1) is 5.92 Å². The van der Waals surface area contributed by atoms with E-state index in [-0.39, 0.29) is 5.91 Å². The number of rotatable bonds is 5. The van der Waals surface area contributed by atoms with Crippen molar-refractivity contribution in [1.29, 1.82) is 0 Å². The van der Waals surface area contributed by atoms with Gasteiger partial charge < -0.3 is 9.80 Å². The number of amides is 1. The lowest BCUT2D eigenvalue weighted by molar-refractivity contribution is -0.116. The maximum Gasteiger partial charge on any atom is 0.240 e. The predicted octanol–water partition coefficient (Wildman–Crippen LogP) is 1.61. The molecule has 2 heterocycles. The largest absolute Gasteiger partial charge is 0.312 e. The smallest absolute Gasteiger partial charge is 0.240 e. The fraction of sp³-hybridized carbons (Fsp3) is 0.611. The minimum absolute atomic E-state index is 0.00870. The van der Waals surface area contributed by atoms with E-state index in [2.05, 4.69) is 16.7 Å². The number of likely N-dealkylation sites (tertiary alicyclic amines) is 1. The Morgan fingerprint density at radius 1 is 1.24 bits per heavy atom. The molecule has 2 aliphatic rings. The Morgan fingerprint density at radius 3 is 2.64 bits per heavy atom. The van der Waals surface area contributed by atoms with Gasteiger partial charge in [0, 0.05) is 25.7 Å². The van der Waals surface area contributed by atoms with Gasteiger partial charge in [-0.25, -0.2) is 13.1 Å². The summed E-state index contributed by atoms with van der Waals surface area (Å²) in [5.74, 6) is 0.591. The van der Waals surface area contributed by atoms with Crippen molar-refractivity contribution in [2.75, 3.05) is 38.1 Å². The van der Waals surface area contributed by atoms with E-state index in [0.29, 0.717) is 30.3 Å². The molecule has 138 valence electrons. The molecular formula is C18H27N3O3S. The Kier molecular flexibility index (Phi) is 5.46. The number of carbonyl (C=O) groups excluding carboxylic acids is 1. The lowest BCUT2D eigenvalue weighted by Crippen LogP contribution is -2.32. The average molecular weight is 365 g/mol. The molecule has 7 heteroatoms. The van der Waals surface area contributed by atoms with Crippen LogP contribution in [-0.4, -0.2) is 52.5 Å². The molecule has 1 N–H and O–H groups in total. The zero-order valence-corrected chi connectivity index (χ0v) is 15.8. The Morgan fingerprint density at radius 2 is 1.96 bits per heavy atom. The van der Waals surface area contributed by atoms with E-state index in [1.165, 1.54) is 6.92 Å². The van der Waals surface area contributed by atoms with Gasteiger partial charge in [0.05, 0.1) is 4.90 Å². The van der Waals surface area contributed by atoms with Crippen molar-refractivity contribution < 1.29 is 13.2 Å². The standard InChI is InChI=1S/C18H27N3O3S/c1-14(22)21-12-8-16-13-17(3-4-18(16)21)25(23,24)19-9-5-15-6-10-20(2)11-7-15/h3-4,13,15,19H,5-12H2,1-2H3. The number of fused-ring (bicyclic) bond motifs is 1. The highest BCUT2D eigenvalue weighted by Gasteiger charge is 2.25. The van der Waals surface area contributed by atoms with E-state index in [0.717, 1.165) is 43.6 Å². The summed E-state index contributed by atoms with van der Waals surface area (Å²) in [7, 11) is -1.37. The van der Waals surface area contributed by atoms with Crippen LogP contribution in [0.25, 0.3) is 0 Å². The second kappa shape index (κ2) is 7.43. The van der Waals surface area contributed by atoms with Crippen molar-refractivity contribution >= 4 is 21.6 Å². The van der Waals surface area contributed by atoms with Crippen LogP contribution in [0.1, 0.15) is 31.7 Å². The Balaban J connectivity index is 1.60. The summed E-state index contributed by atoms with van der Waals surface area (Å²) in [6, 6.07) is 5.05. The maximum atomic E-state index is 12.5. The highest BCUT2D eigenvalue weighted by Crippen LogP contribution is 2.30. The molecule has 0 bridgehead atoms. The molecule has 2 aliphatic heterocycles. The van der Waals surface area contributed by atoms with Gasteiger partial charge >= 0.3 is 0 Å². The average Bonchev–Trinajstić information content (AvgIpc) is 3.00. The number of nitrogens with zero attached hydrogens (tertiary/aromatic N) is 2.